The normalized spacial score (nSPS) is 20.4. The molecule has 90 valence electrons. The van der Waals surface area contributed by atoms with Gasteiger partial charge in [-0.25, -0.2) is 0 Å². The second-order valence-corrected chi connectivity index (χ2v) is 4.94. The zero-order valence-corrected chi connectivity index (χ0v) is 10.5. The average molecular weight is 273 g/mol. The van der Waals surface area contributed by atoms with Gasteiger partial charge in [-0.3, -0.25) is 19.7 Å². The van der Waals surface area contributed by atoms with Crippen molar-refractivity contribution in [2.45, 2.75) is 13.0 Å². The van der Waals surface area contributed by atoms with Gasteiger partial charge in [-0.1, -0.05) is 11.6 Å². The van der Waals surface area contributed by atoms with Crippen molar-refractivity contribution in [1.82, 2.24) is 10.2 Å². The van der Waals surface area contributed by atoms with Gasteiger partial charge in [-0.05, 0) is 18.4 Å². The number of thiophene rings is 1. The summed E-state index contributed by atoms with van der Waals surface area (Å²) >= 11 is 7.04. The number of rotatable bonds is 1. The van der Waals surface area contributed by atoms with Gasteiger partial charge in [0.2, 0.25) is 11.8 Å². The Bertz CT molecular complexity index is 499. The van der Waals surface area contributed by atoms with Gasteiger partial charge in [0, 0.05) is 0 Å². The summed E-state index contributed by atoms with van der Waals surface area (Å²) in [4.78, 5) is 36.3. The first-order valence-electron chi connectivity index (χ1n) is 4.88. The molecule has 0 bridgehead atoms. The maximum absolute atomic E-state index is 12.1. The highest BCUT2D eigenvalue weighted by Crippen LogP contribution is 2.24. The highest BCUT2D eigenvalue weighted by atomic mass is 35.5. The molecule has 1 aromatic rings. The van der Waals surface area contributed by atoms with E-state index < -0.39 is 17.9 Å². The number of carbonyl (C=O) groups is 3. The Morgan fingerprint density at radius 3 is 2.88 bits per heavy atom. The predicted octanol–water partition coefficient (Wildman–Crippen LogP) is 0.889. The van der Waals surface area contributed by atoms with Crippen LogP contribution in [0.2, 0.25) is 5.02 Å². The van der Waals surface area contributed by atoms with Crippen molar-refractivity contribution in [3.05, 3.63) is 21.3 Å². The quantitative estimate of drug-likeness (QED) is 0.772. The molecule has 0 radical (unpaired) electrons. The topological polar surface area (TPSA) is 66.5 Å². The van der Waals surface area contributed by atoms with Crippen molar-refractivity contribution < 1.29 is 14.4 Å². The lowest BCUT2D eigenvalue weighted by Crippen LogP contribution is -2.58. The lowest BCUT2D eigenvalue weighted by Gasteiger charge is -2.31. The van der Waals surface area contributed by atoms with Crippen LogP contribution in [0.4, 0.5) is 0 Å². The molecule has 7 heteroatoms. The van der Waals surface area contributed by atoms with Gasteiger partial charge in [0.15, 0.2) is 0 Å². The molecule has 17 heavy (non-hydrogen) atoms. The first-order valence-corrected chi connectivity index (χ1v) is 6.14. The van der Waals surface area contributed by atoms with Crippen LogP contribution in [-0.2, 0) is 9.59 Å². The molecule has 1 aromatic heterocycles. The van der Waals surface area contributed by atoms with Crippen LogP contribution in [0.1, 0.15) is 16.6 Å². The Hall–Kier alpha value is -1.40. The summed E-state index contributed by atoms with van der Waals surface area (Å²) in [5, 5.41) is 4.20. The minimum Gasteiger partial charge on any atom is -0.317 e. The number of carbonyl (C=O) groups excluding carboxylic acids is 3. The van der Waals surface area contributed by atoms with E-state index in [1.54, 1.807) is 18.4 Å². The molecule has 0 aromatic carbocycles. The van der Waals surface area contributed by atoms with Crippen LogP contribution in [-0.4, -0.2) is 35.2 Å². The molecule has 1 N–H and O–H groups in total. The molecule has 0 spiro atoms. The smallest absolute Gasteiger partial charge is 0.266 e. The van der Waals surface area contributed by atoms with E-state index in [2.05, 4.69) is 5.32 Å². The van der Waals surface area contributed by atoms with Crippen molar-refractivity contribution in [3.63, 3.8) is 0 Å². The molecule has 3 amide bonds. The van der Waals surface area contributed by atoms with Crippen LogP contribution in [0.15, 0.2) is 11.4 Å². The number of hydrogen-bond acceptors (Lipinski definition) is 4. The first kappa shape index (κ1) is 12.1. The maximum Gasteiger partial charge on any atom is 0.266 e. The van der Waals surface area contributed by atoms with Crippen molar-refractivity contribution >= 4 is 40.7 Å². The molecular formula is C10H9ClN2O3S. The predicted molar refractivity (Wildman–Crippen MR) is 63.0 cm³/mol. The average Bonchev–Trinajstić information content (AvgIpc) is 2.69. The van der Waals surface area contributed by atoms with E-state index >= 15 is 0 Å². The lowest BCUT2D eigenvalue weighted by molar-refractivity contribution is -0.138. The fourth-order valence-electron chi connectivity index (χ4n) is 1.54. The van der Waals surface area contributed by atoms with E-state index in [9.17, 15) is 14.4 Å². The van der Waals surface area contributed by atoms with Crippen molar-refractivity contribution in [1.29, 1.82) is 0 Å². The summed E-state index contributed by atoms with van der Waals surface area (Å²) in [6, 6.07) is 0.939. The largest absolute Gasteiger partial charge is 0.317 e. The van der Waals surface area contributed by atoms with E-state index in [-0.39, 0.29) is 12.5 Å². The Morgan fingerprint density at radius 1 is 1.59 bits per heavy atom. The van der Waals surface area contributed by atoms with Gasteiger partial charge >= 0.3 is 0 Å². The summed E-state index contributed by atoms with van der Waals surface area (Å²) < 4.78 is 0. The summed E-state index contributed by atoms with van der Waals surface area (Å²) in [6.45, 7) is 1.45. The molecule has 2 rings (SSSR count). The summed E-state index contributed by atoms with van der Waals surface area (Å²) in [5.74, 6) is -1.34. The molecule has 1 aliphatic heterocycles. The zero-order chi connectivity index (χ0) is 12.6. The Kier molecular flexibility index (Phi) is 3.17. The number of amides is 3. The van der Waals surface area contributed by atoms with Gasteiger partial charge < -0.3 is 4.90 Å². The van der Waals surface area contributed by atoms with Gasteiger partial charge in [0.05, 0.1) is 5.02 Å². The van der Waals surface area contributed by atoms with Crippen molar-refractivity contribution in [2.24, 2.45) is 0 Å². The van der Waals surface area contributed by atoms with E-state index in [0.717, 1.165) is 0 Å². The zero-order valence-electron chi connectivity index (χ0n) is 8.90. The molecular weight excluding hydrogens is 264 g/mol. The Labute approximate surface area is 106 Å². The molecule has 5 nitrogen and oxygen atoms in total. The number of nitrogens with one attached hydrogen (secondary N) is 1. The van der Waals surface area contributed by atoms with E-state index in [1.807, 2.05) is 0 Å². The third kappa shape index (κ3) is 2.18. The first-order chi connectivity index (χ1) is 8.00. The van der Waals surface area contributed by atoms with Gasteiger partial charge in [0.25, 0.3) is 5.91 Å². The molecule has 1 saturated heterocycles. The van der Waals surface area contributed by atoms with Gasteiger partial charge in [-0.15, -0.1) is 11.3 Å². The van der Waals surface area contributed by atoms with Crippen LogP contribution in [0.3, 0.4) is 0 Å². The second-order valence-electron chi connectivity index (χ2n) is 3.62. The minimum absolute atomic E-state index is 0.125. The number of hydrogen-bond donors (Lipinski definition) is 1. The highest BCUT2D eigenvalue weighted by Gasteiger charge is 2.34. The highest BCUT2D eigenvalue weighted by molar-refractivity contribution is 7.12. The van der Waals surface area contributed by atoms with E-state index in [0.29, 0.717) is 9.90 Å². The lowest BCUT2D eigenvalue weighted by atomic mass is 10.2. The van der Waals surface area contributed by atoms with Crippen LogP contribution in [0, 0.1) is 0 Å². The number of halogens is 1. The molecule has 0 saturated carbocycles. The van der Waals surface area contributed by atoms with Crippen molar-refractivity contribution in [2.75, 3.05) is 6.54 Å². The summed E-state index contributed by atoms with van der Waals surface area (Å²) in [6.07, 6.45) is 0. The standard InChI is InChI=1S/C10H9ClN2O3S/c1-5-9(15)12-7(14)4-13(5)10(16)8-6(11)2-3-17-8/h2-3,5H,4H2,1H3,(H,12,14,15). The molecule has 1 unspecified atom stereocenters. The monoisotopic (exact) mass is 272 g/mol. The van der Waals surface area contributed by atoms with Gasteiger partial charge in [-0.2, -0.15) is 0 Å². The maximum atomic E-state index is 12.1. The van der Waals surface area contributed by atoms with Crippen LogP contribution in [0.5, 0.6) is 0 Å². The minimum atomic E-state index is -0.668. The fraction of sp³-hybridized carbons (Fsp3) is 0.300. The number of piperazine rings is 1. The Morgan fingerprint density at radius 2 is 2.29 bits per heavy atom. The van der Waals surface area contributed by atoms with Crippen molar-refractivity contribution in [3.8, 4) is 0 Å². The van der Waals surface area contributed by atoms with E-state index in [1.165, 1.54) is 16.2 Å². The molecule has 0 aliphatic carbocycles. The third-order valence-corrected chi connectivity index (χ3v) is 3.83. The van der Waals surface area contributed by atoms with Crippen LogP contribution in [0.25, 0.3) is 0 Å². The SMILES string of the molecule is CC1C(=O)NC(=O)CN1C(=O)c1sccc1Cl. The number of nitrogens with zero attached hydrogens (tertiary/aromatic N) is 1. The molecule has 1 fully saturated rings. The fourth-order valence-corrected chi connectivity index (χ4v) is 2.63. The van der Waals surface area contributed by atoms with Gasteiger partial charge in [0.1, 0.15) is 17.5 Å². The van der Waals surface area contributed by atoms with E-state index in [4.69, 9.17) is 11.6 Å². The molecule has 2 heterocycles. The number of imide groups is 1. The molecule has 1 atom stereocenters. The summed E-state index contributed by atoms with van der Waals surface area (Å²) in [5.41, 5.74) is 0. The van der Waals surface area contributed by atoms with Crippen LogP contribution >= 0.6 is 22.9 Å². The molecule has 1 aliphatic rings. The van der Waals surface area contributed by atoms with Crippen LogP contribution < -0.4 is 5.32 Å². The summed E-state index contributed by atoms with van der Waals surface area (Å²) in [7, 11) is 0. The Balaban J connectivity index is 2.27. The second kappa shape index (κ2) is 4.46. The third-order valence-electron chi connectivity index (χ3n) is 2.50.